The Balaban J connectivity index is 2.67. The lowest BCUT2D eigenvalue weighted by Crippen LogP contribution is -2.68. The summed E-state index contributed by atoms with van der Waals surface area (Å²) in [5, 5.41) is 9.98. The molecule has 0 spiro atoms. The van der Waals surface area contributed by atoms with Crippen LogP contribution in [0.25, 0.3) is 0 Å². The average Bonchev–Trinajstić information content (AvgIpc) is 2.80. The smallest absolute Gasteiger partial charge is 0.410 e. The first-order valence-electron chi connectivity index (χ1n) is 11.5. The number of esters is 3. The van der Waals surface area contributed by atoms with Crippen molar-refractivity contribution in [2.24, 2.45) is 16.7 Å². The number of carbonyl (C=O) groups excluding carboxylic acids is 4. The van der Waals surface area contributed by atoms with E-state index in [2.05, 4.69) is 0 Å². The summed E-state index contributed by atoms with van der Waals surface area (Å²) in [7, 11) is 0. The van der Waals surface area contributed by atoms with E-state index in [1.54, 1.807) is 20.8 Å². The number of hydrogen-bond donors (Lipinski definition) is 1. The van der Waals surface area contributed by atoms with Gasteiger partial charge in [0.2, 0.25) is 3.79 Å². The molecule has 0 aromatic rings. The molecule has 1 saturated heterocycles. The number of fused-ring (bicyclic) bond motifs is 1. The van der Waals surface area contributed by atoms with Crippen molar-refractivity contribution in [3.8, 4) is 0 Å². The number of carboxylic acids is 1. The molecule has 1 aliphatic carbocycles. The predicted octanol–water partition coefficient (Wildman–Crippen LogP) is 3.11. The van der Waals surface area contributed by atoms with Crippen LogP contribution in [0.5, 0.6) is 0 Å². The number of halogens is 3. The summed E-state index contributed by atoms with van der Waals surface area (Å²) in [5.41, 5.74) is -3.60. The van der Waals surface area contributed by atoms with Gasteiger partial charge in [0.15, 0.2) is 5.41 Å². The largest absolute Gasteiger partial charge is 0.480 e. The molecule has 2 aliphatic rings. The van der Waals surface area contributed by atoms with Crippen molar-refractivity contribution in [2.75, 3.05) is 33.0 Å². The molecule has 0 aromatic carbocycles. The molecule has 11 nitrogen and oxygen atoms in total. The first-order chi connectivity index (χ1) is 16.8. The van der Waals surface area contributed by atoms with Crippen molar-refractivity contribution in [3.05, 3.63) is 0 Å². The van der Waals surface area contributed by atoms with Crippen molar-refractivity contribution in [3.63, 3.8) is 0 Å². The maximum absolute atomic E-state index is 13.4. The summed E-state index contributed by atoms with van der Waals surface area (Å²) >= 11 is 17.0. The fraction of sp³-hybridized carbons (Fsp3) is 0.773. The van der Waals surface area contributed by atoms with Crippen molar-refractivity contribution in [1.82, 2.24) is 4.90 Å². The van der Waals surface area contributed by atoms with Crippen LogP contribution >= 0.6 is 34.8 Å². The number of hydrogen-bond acceptors (Lipinski definition) is 9. The zero-order valence-electron chi connectivity index (χ0n) is 20.2. The molecule has 0 radical (unpaired) electrons. The van der Waals surface area contributed by atoms with E-state index in [0.29, 0.717) is 0 Å². The molecule has 2 rings (SSSR count). The third-order valence-electron chi connectivity index (χ3n) is 6.58. The number of aliphatic carboxylic acids is 1. The van der Waals surface area contributed by atoms with Gasteiger partial charge in [-0.3, -0.25) is 19.3 Å². The van der Waals surface area contributed by atoms with E-state index in [0.717, 1.165) is 4.90 Å². The number of carbonyl (C=O) groups is 5. The highest BCUT2D eigenvalue weighted by atomic mass is 35.6. The fourth-order valence-electron chi connectivity index (χ4n) is 5.21. The third kappa shape index (κ3) is 5.94. The van der Waals surface area contributed by atoms with Gasteiger partial charge in [0.05, 0.1) is 25.2 Å². The molecule has 0 aromatic heterocycles. The fourth-order valence-corrected chi connectivity index (χ4v) is 5.37. The molecule has 1 N–H and O–H groups in total. The lowest BCUT2D eigenvalue weighted by Gasteiger charge is -2.55. The molecule has 1 saturated carbocycles. The van der Waals surface area contributed by atoms with Gasteiger partial charge in [-0.25, -0.2) is 9.59 Å². The van der Waals surface area contributed by atoms with Gasteiger partial charge in [-0.2, -0.15) is 0 Å². The molecular weight excluding hydrogens is 545 g/mol. The van der Waals surface area contributed by atoms with Crippen LogP contribution in [0.15, 0.2) is 0 Å². The second-order valence-corrected chi connectivity index (χ2v) is 11.1. The van der Waals surface area contributed by atoms with E-state index < -0.39 is 76.1 Å². The molecular formula is C22H30Cl3NO10. The van der Waals surface area contributed by atoms with Gasteiger partial charge in [0.1, 0.15) is 12.6 Å². The zero-order valence-corrected chi connectivity index (χ0v) is 22.5. The summed E-state index contributed by atoms with van der Waals surface area (Å²) in [5.74, 6) is -5.26. The molecule has 1 aliphatic heterocycles. The number of piperidine rings is 1. The van der Waals surface area contributed by atoms with Crippen molar-refractivity contribution in [2.45, 2.75) is 56.3 Å². The summed E-state index contributed by atoms with van der Waals surface area (Å²) in [6, 6.07) is -1.57. The van der Waals surface area contributed by atoms with Crippen LogP contribution in [-0.2, 0) is 38.1 Å². The van der Waals surface area contributed by atoms with Crippen molar-refractivity contribution in [1.29, 1.82) is 0 Å². The number of nitrogens with zero attached hydrogens (tertiary/aromatic N) is 1. The summed E-state index contributed by atoms with van der Waals surface area (Å²) in [4.78, 5) is 66.2. The van der Waals surface area contributed by atoms with Crippen molar-refractivity contribution >= 4 is 64.8 Å². The number of amides is 1. The van der Waals surface area contributed by atoms with Crippen LogP contribution in [-0.4, -0.2) is 82.8 Å². The minimum Gasteiger partial charge on any atom is -0.480 e. The lowest BCUT2D eigenvalue weighted by molar-refractivity contribution is -0.203. The molecule has 1 amide bonds. The molecule has 14 heteroatoms. The SMILES string of the molecule is CCOC(=O)C1(C(=O)OCC)CCC[C@]2(C(=O)OCC)CN(C(=O)OCC(Cl)(Cl)Cl)[C@H](C(=O)O)C[C@H]12. The van der Waals surface area contributed by atoms with Crippen molar-refractivity contribution < 1.29 is 48.0 Å². The normalized spacial score (nSPS) is 25.2. The maximum Gasteiger partial charge on any atom is 0.410 e. The molecule has 1 heterocycles. The summed E-state index contributed by atoms with van der Waals surface area (Å²) < 4.78 is 18.9. The van der Waals surface area contributed by atoms with Crippen LogP contribution in [0.4, 0.5) is 4.79 Å². The highest BCUT2D eigenvalue weighted by molar-refractivity contribution is 6.67. The summed E-state index contributed by atoms with van der Waals surface area (Å²) in [6.07, 6.45) is -1.31. The highest BCUT2D eigenvalue weighted by Crippen LogP contribution is 2.58. The Morgan fingerprint density at radius 1 is 0.889 bits per heavy atom. The molecule has 3 atom stereocenters. The van der Waals surface area contributed by atoms with Gasteiger partial charge in [-0.15, -0.1) is 0 Å². The number of alkyl halides is 3. The van der Waals surface area contributed by atoms with Crippen LogP contribution in [0.1, 0.15) is 46.5 Å². The molecule has 2 fully saturated rings. The predicted molar refractivity (Wildman–Crippen MR) is 126 cm³/mol. The maximum atomic E-state index is 13.4. The third-order valence-corrected chi connectivity index (χ3v) is 6.91. The second-order valence-electron chi connectivity index (χ2n) is 8.58. The second kappa shape index (κ2) is 12.0. The Hall–Kier alpha value is -1.98. The van der Waals surface area contributed by atoms with Gasteiger partial charge in [0, 0.05) is 12.5 Å². The quantitative estimate of drug-likeness (QED) is 0.199. The van der Waals surface area contributed by atoms with E-state index >= 15 is 0 Å². The van der Waals surface area contributed by atoms with Crippen LogP contribution in [0, 0.1) is 16.7 Å². The first kappa shape index (κ1) is 30.2. The highest BCUT2D eigenvalue weighted by Gasteiger charge is 2.69. The number of likely N-dealkylation sites (tertiary alicyclic amines) is 1. The standard InChI is InChI=1S/C22H30Cl3NO10/c1-4-33-16(29)20-8-7-9-21(17(30)34-5-2,18(31)35-6-3)14(20)10-13(15(27)28)26(11-20)19(32)36-12-22(23,24)25/h13-14H,4-12H2,1-3H3,(H,27,28)/t13-,14-,20-/m0/s1. The molecule has 204 valence electrons. The Kier molecular flexibility index (Phi) is 10.1. The van der Waals surface area contributed by atoms with E-state index in [1.807, 2.05) is 0 Å². The monoisotopic (exact) mass is 573 g/mol. The van der Waals surface area contributed by atoms with E-state index in [1.165, 1.54) is 0 Å². The topological polar surface area (TPSA) is 146 Å². The van der Waals surface area contributed by atoms with E-state index in [9.17, 15) is 29.1 Å². The number of ether oxygens (including phenoxy) is 4. The summed E-state index contributed by atoms with van der Waals surface area (Å²) in [6.45, 7) is 3.36. The van der Waals surface area contributed by atoms with Gasteiger partial charge >= 0.3 is 30.0 Å². The molecule has 0 unspecified atom stereocenters. The zero-order chi connectivity index (χ0) is 27.3. The van der Waals surface area contributed by atoms with E-state index in [4.69, 9.17) is 53.8 Å². The van der Waals surface area contributed by atoms with Gasteiger partial charge < -0.3 is 24.1 Å². The van der Waals surface area contributed by atoms with Crippen LogP contribution in [0.3, 0.4) is 0 Å². The Morgan fingerprint density at radius 3 is 1.89 bits per heavy atom. The Bertz CT molecular complexity index is 859. The minimum atomic E-state index is -1.97. The van der Waals surface area contributed by atoms with Gasteiger partial charge in [-0.1, -0.05) is 41.2 Å². The number of carboxylic acid groups (broad SMARTS) is 1. The van der Waals surface area contributed by atoms with Gasteiger partial charge in [-0.05, 0) is 40.0 Å². The van der Waals surface area contributed by atoms with Crippen LogP contribution in [0.2, 0.25) is 0 Å². The van der Waals surface area contributed by atoms with E-state index in [-0.39, 0.29) is 39.1 Å². The van der Waals surface area contributed by atoms with Crippen LogP contribution < -0.4 is 0 Å². The Morgan fingerprint density at radius 2 is 1.42 bits per heavy atom. The molecule has 0 bridgehead atoms. The number of rotatable bonds is 8. The van der Waals surface area contributed by atoms with Gasteiger partial charge in [0.25, 0.3) is 0 Å². The molecule has 36 heavy (non-hydrogen) atoms. The lowest BCUT2D eigenvalue weighted by atomic mass is 9.51. The Labute approximate surface area is 223 Å². The minimum absolute atomic E-state index is 0.0272. The first-order valence-corrected chi connectivity index (χ1v) is 12.7. The average molecular weight is 575 g/mol.